The molecule has 0 fully saturated rings. The molecule has 0 aliphatic heterocycles. The Hall–Kier alpha value is -2.80. The number of nitro benzene ring substituents is 1. The van der Waals surface area contributed by atoms with Crippen molar-refractivity contribution in [3.8, 4) is 5.75 Å². The predicted molar refractivity (Wildman–Crippen MR) is 94.0 cm³/mol. The van der Waals surface area contributed by atoms with E-state index >= 15 is 0 Å². The van der Waals surface area contributed by atoms with E-state index in [9.17, 15) is 14.9 Å². The smallest absolute Gasteiger partial charge is 0.344 e. The van der Waals surface area contributed by atoms with Gasteiger partial charge in [0.25, 0.3) is 5.69 Å². The number of rotatable bonds is 8. The Bertz CT molecular complexity index is 749. The molecule has 0 aromatic heterocycles. The third-order valence-corrected chi connectivity index (χ3v) is 3.47. The molecule has 25 heavy (non-hydrogen) atoms. The molecule has 0 spiro atoms. The summed E-state index contributed by atoms with van der Waals surface area (Å²) in [6.07, 6.45) is 0. The molecule has 0 atom stereocenters. The van der Waals surface area contributed by atoms with Crippen molar-refractivity contribution >= 4 is 28.9 Å². The van der Waals surface area contributed by atoms with E-state index in [-0.39, 0.29) is 18.9 Å². The van der Waals surface area contributed by atoms with E-state index in [1.165, 1.54) is 18.2 Å². The van der Waals surface area contributed by atoms with Crippen molar-refractivity contribution in [2.45, 2.75) is 13.5 Å². The number of anilines is 1. The van der Waals surface area contributed by atoms with Crippen LogP contribution < -0.4 is 10.1 Å². The quantitative estimate of drug-likeness (QED) is 0.435. The van der Waals surface area contributed by atoms with Crippen molar-refractivity contribution in [3.05, 3.63) is 63.2 Å². The molecule has 0 heterocycles. The highest BCUT2D eigenvalue weighted by Crippen LogP contribution is 2.29. The summed E-state index contributed by atoms with van der Waals surface area (Å²) in [5, 5.41) is 14.8. The summed E-state index contributed by atoms with van der Waals surface area (Å²) < 4.78 is 10.1. The molecule has 0 aliphatic rings. The zero-order valence-corrected chi connectivity index (χ0v) is 14.3. The topological polar surface area (TPSA) is 90.7 Å². The van der Waals surface area contributed by atoms with Gasteiger partial charge < -0.3 is 14.8 Å². The van der Waals surface area contributed by atoms with Crippen LogP contribution in [0, 0.1) is 10.1 Å². The van der Waals surface area contributed by atoms with Crippen molar-refractivity contribution in [1.29, 1.82) is 0 Å². The van der Waals surface area contributed by atoms with E-state index in [4.69, 9.17) is 21.1 Å². The highest BCUT2D eigenvalue weighted by molar-refractivity contribution is 6.30. The van der Waals surface area contributed by atoms with Crippen LogP contribution in [0.5, 0.6) is 5.75 Å². The lowest BCUT2D eigenvalue weighted by atomic mass is 10.2. The lowest BCUT2D eigenvalue weighted by molar-refractivity contribution is -0.384. The SMILES string of the molecule is CCOC(=O)COc1ccc([N+](=O)[O-])c(NCc2ccc(Cl)cc2)c1. The molecule has 0 saturated carbocycles. The van der Waals surface area contributed by atoms with Crippen LogP contribution in [-0.4, -0.2) is 24.1 Å². The standard InChI is InChI=1S/C17H17ClN2O5/c1-2-24-17(21)11-25-14-7-8-16(20(22)23)15(9-14)19-10-12-3-5-13(18)6-4-12/h3-9,19H,2,10-11H2,1H3. The van der Waals surface area contributed by atoms with E-state index in [0.29, 0.717) is 23.0 Å². The number of esters is 1. The fraction of sp³-hybridized carbons (Fsp3) is 0.235. The second kappa shape index (κ2) is 8.89. The number of nitro groups is 1. The van der Waals surface area contributed by atoms with Crippen LogP contribution in [0.15, 0.2) is 42.5 Å². The van der Waals surface area contributed by atoms with Crippen molar-refractivity contribution in [2.24, 2.45) is 0 Å². The fourth-order valence-electron chi connectivity index (χ4n) is 2.05. The van der Waals surface area contributed by atoms with Gasteiger partial charge in [-0.25, -0.2) is 4.79 Å². The molecular weight excluding hydrogens is 348 g/mol. The summed E-state index contributed by atoms with van der Waals surface area (Å²) in [5.74, 6) is -0.172. The molecule has 0 bridgehead atoms. The second-order valence-electron chi connectivity index (χ2n) is 5.01. The lowest BCUT2D eigenvalue weighted by Crippen LogP contribution is -2.14. The Morgan fingerprint density at radius 2 is 1.96 bits per heavy atom. The van der Waals surface area contributed by atoms with Gasteiger partial charge in [0, 0.05) is 23.7 Å². The molecule has 0 amide bonds. The van der Waals surface area contributed by atoms with E-state index in [1.807, 2.05) is 12.1 Å². The van der Waals surface area contributed by atoms with E-state index in [2.05, 4.69) is 5.32 Å². The number of carbonyl (C=O) groups is 1. The highest BCUT2D eigenvalue weighted by atomic mass is 35.5. The van der Waals surface area contributed by atoms with E-state index in [0.717, 1.165) is 5.56 Å². The number of halogens is 1. The van der Waals surface area contributed by atoms with Gasteiger partial charge in [-0.15, -0.1) is 0 Å². The summed E-state index contributed by atoms with van der Waals surface area (Å²) in [6, 6.07) is 11.4. The maximum Gasteiger partial charge on any atom is 0.344 e. The van der Waals surface area contributed by atoms with Crippen LogP contribution in [0.2, 0.25) is 5.02 Å². The largest absolute Gasteiger partial charge is 0.482 e. The van der Waals surface area contributed by atoms with Crippen LogP contribution in [0.4, 0.5) is 11.4 Å². The highest BCUT2D eigenvalue weighted by Gasteiger charge is 2.15. The zero-order valence-electron chi connectivity index (χ0n) is 13.5. The normalized spacial score (nSPS) is 10.2. The Labute approximate surface area is 149 Å². The Morgan fingerprint density at radius 3 is 2.60 bits per heavy atom. The molecule has 0 aliphatic carbocycles. The van der Waals surface area contributed by atoms with Crippen molar-refractivity contribution in [1.82, 2.24) is 0 Å². The van der Waals surface area contributed by atoms with Crippen molar-refractivity contribution in [2.75, 3.05) is 18.5 Å². The first-order valence-corrected chi connectivity index (χ1v) is 7.92. The number of nitrogens with one attached hydrogen (secondary N) is 1. The average Bonchev–Trinajstić information content (AvgIpc) is 2.59. The number of ether oxygens (including phenoxy) is 2. The van der Waals surface area contributed by atoms with Crippen LogP contribution >= 0.6 is 11.6 Å². The van der Waals surface area contributed by atoms with Gasteiger partial charge in [0.05, 0.1) is 11.5 Å². The summed E-state index contributed by atoms with van der Waals surface area (Å²) in [7, 11) is 0. The van der Waals surface area contributed by atoms with Gasteiger partial charge in [-0.1, -0.05) is 23.7 Å². The molecular formula is C17H17ClN2O5. The van der Waals surface area contributed by atoms with Crippen molar-refractivity contribution in [3.63, 3.8) is 0 Å². The zero-order chi connectivity index (χ0) is 18.2. The molecule has 8 heteroatoms. The number of hydrogen-bond acceptors (Lipinski definition) is 6. The molecule has 7 nitrogen and oxygen atoms in total. The first-order valence-electron chi connectivity index (χ1n) is 7.54. The van der Waals surface area contributed by atoms with Gasteiger partial charge in [-0.2, -0.15) is 0 Å². The molecule has 2 rings (SSSR count). The summed E-state index contributed by atoms with van der Waals surface area (Å²) >= 11 is 5.84. The molecule has 2 aromatic rings. The molecule has 0 saturated heterocycles. The molecule has 1 N–H and O–H groups in total. The Morgan fingerprint density at radius 1 is 1.24 bits per heavy atom. The predicted octanol–water partition coefficient (Wildman–Crippen LogP) is 3.80. The third kappa shape index (κ3) is 5.65. The average molecular weight is 365 g/mol. The third-order valence-electron chi connectivity index (χ3n) is 3.22. The minimum atomic E-state index is -0.503. The molecule has 132 valence electrons. The number of carbonyl (C=O) groups excluding carboxylic acids is 1. The number of nitrogens with zero attached hydrogens (tertiary/aromatic N) is 1. The maximum atomic E-state index is 11.3. The van der Waals surface area contributed by atoms with E-state index < -0.39 is 10.9 Å². The minimum absolute atomic E-state index is 0.0857. The summed E-state index contributed by atoms with van der Waals surface area (Å²) in [4.78, 5) is 22.0. The Kier molecular flexibility index (Phi) is 6.59. The maximum absolute atomic E-state index is 11.3. The van der Waals surface area contributed by atoms with Crippen LogP contribution in [-0.2, 0) is 16.1 Å². The van der Waals surface area contributed by atoms with E-state index in [1.54, 1.807) is 19.1 Å². The van der Waals surface area contributed by atoms with Crippen LogP contribution in [0.1, 0.15) is 12.5 Å². The van der Waals surface area contributed by atoms with Gasteiger partial charge in [0.2, 0.25) is 0 Å². The first-order chi connectivity index (χ1) is 12.0. The summed E-state index contributed by atoms with van der Waals surface area (Å²) in [6.45, 7) is 2.07. The lowest BCUT2D eigenvalue weighted by Gasteiger charge is -2.10. The fourth-order valence-corrected chi connectivity index (χ4v) is 2.18. The van der Waals surface area contributed by atoms with Gasteiger partial charge >= 0.3 is 5.97 Å². The second-order valence-corrected chi connectivity index (χ2v) is 5.45. The van der Waals surface area contributed by atoms with Gasteiger partial charge in [0.1, 0.15) is 11.4 Å². The van der Waals surface area contributed by atoms with Crippen molar-refractivity contribution < 1.29 is 19.2 Å². The number of benzene rings is 2. The van der Waals surface area contributed by atoms with Gasteiger partial charge in [-0.3, -0.25) is 10.1 Å². The minimum Gasteiger partial charge on any atom is -0.482 e. The molecule has 2 aromatic carbocycles. The summed E-state index contributed by atoms with van der Waals surface area (Å²) in [5.41, 5.74) is 1.12. The number of hydrogen-bond donors (Lipinski definition) is 1. The van der Waals surface area contributed by atoms with Crippen LogP contribution in [0.3, 0.4) is 0 Å². The van der Waals surface area contributed by atoms with Gasteiger partial charge in [0.15, 0.2) is 6.61 Å². The first kappa shape index (κ1) is 18.5. The van der Waals surface area contributed by atoms with Gasteiger partial charge in [-0.05, 0) is 30.7 Å². The molecule has 0 radical (unpaired) electrons. The monoisotopic (exact) mass is 364 g/mol. The van der Waals surface area contributed by atoms with Crippen LogP contribution in [0.25, 0.3) is 0 Å². The molecule has 0 unspecified atom stereocenters. The Balaban J connectivity index is 2.10.